The van der Waals surface area contributed by atoms with E-state index in [1.54, 1.807) is 54.4 Å². The molecule has 0 saturated heterocycles. The smallest absolute Gasteiger partial charge is 0.254 e. The van der Waals surface area contributed by atoms with Crippen molar-refractivity contribution in [2.24, 2.45) is 0 Å². The lowest BCUT2D eigenvalue weighted by molar-refractivity contribution is 0.0784. The van der Waals surface area contributed by atoms with Crippen LogP contribution >= 0.6 is 11.3 Å². The Morgan fingerprint density at radius 3 is 2.58 bits per heavy atom. The third-order valence-corrected chi connectivity index (χ3v) is 4.75. The van der Waals surface area contributed by atoms with Crippen molar-refractivity contribution in [3.8, 4) is 0 Å². The third kappa shape index (κ3) is 3.23. The Morgan fingerprint density at radius 2 is 1.92 bits per heavy atom. The van der Waals surface area contributed by atoms with Gasteiger partial charge in [-0.3, -0.25) is 4.79 Å². The van der Waals surface area contributed by atoms with E-state index in [0.717, 1.165) is 15.2 Å². The van der Waals surface area contributed by atoms with E-state index in [-0.39, 0.29) is 5.91 Å². The zero-order valence-electron chi connectivity index (χ0n) is 13.8. The maximum Gasteiger partial charge on any atom is 0.254 e. The molecule has 2 aromatic carbocycles. The van der Waals surface area contributed by atoms with Gasteiger partial charge in [0.2, 0.25) is 0 Å². The average Bonchev–Trinajstić information content (AvgIpc) is 2.95. The summed E-state index contributed by atoms with van der Waals surface area (Å²) in [7, 11) is 5.23. The number of benzene rings is 2. The second kappa shape index (κ2) is 6.57. The van der Waals surface area contributed by atoms with E-state index >= 15 is 0 Å². The van der Waals surface area contributed by atoms with Crippen molar-refractivity contribution < 1.29 is 9.18 Å². The maximum absolute atomic E-state index is 14.1. The van der Waals surface area contributed by atoms with Crippen molar-refractivity contribution in [1.29, 1.82) is 0 Å². The molecule has 4 nitrogen and oxygen atoms in total. The highest BCUT2D eigenvalue weighted by Gasteiger charge is 2.16. The number of rotatable bonds is 4. The topological polar surface area (TPSA) is 36.4 Å². The van der Waals surface area contributed by atoms with E-state index in [0.29, 0.717) is 17.8 Å². The molecule has 0 saturated carbocycles. The van der Waals surface area contributed by atoms with Gasteiger partial charge in [0.25, 0.3) is 5.91 Å². The molecule has 0 aliphatic rings. The van der Waals surface area contributed by atoms with Crippen LogP contribution in [0.4, 0.5) is 10.1 Å². The Hall–Kier alpha value is -2.47. The van der Waals surface area contributed by atoms with Crippen LogP contribution in [0.1, 0.15) is 15.4 Å². The molecule has 0 aliphatic heterocycles. The number of fused-ring (bicyclic) bond motifs is 1. The first-order valence-corrected chi connectivity index (χ1v) is 8.34. The fraction of sp³-hybridized carbons (Fsp3) is 0.222. The molecule has 1 amide bonds. The van der Waals surface area contributed by atoms with Gasteiger partial charge in [-0.05, 0) is 30.3 Å². The summed E-state index contributed by atoms with van der Waals surface area (Å²) in [5.41, 5.74) is 1.72. The molecule has 124 valence electrons. The first kappa shape index (κ1) is 16.4. The van der Waals surface area contributed by atoms with Crippen molar-refractivity contribution in [3.63, 3.8) is 0 Å². The standard InChI is InChI=1S/C18H18FN3OS/c1-21(2)15-9-8-12(10-13(15)19)18(23)22(3)11-17-20-14-6-4-5-7-16(14)24-17/h4-10H,11H2,1-3H3. The molecule has 0 unspecified atom stereocenters. The zero-order valence-corrected chi connectivity index (χ0v) is 14.6. The molecular formula is C18H18FN3OS. The summed E-state index contributed by atoms with van der Waals surface area (Å²) >= 11 is 1.56. The summed E-state index contributed by atoms with van der Waals surface area (Å²) in [6, 6.07) is 12.4. The van der Waals surface area contributed by atoms with E-state index < -0.39 is 5.82 Å². The molecule has 6 heteroatoms. The molecule has 0 fully saturated rings. The number of carbonyl (C=O) groups excluding carboxylic acids is 1. The van der Waals surface area contributed by atoms with Crippen molar-refractivity contribution in [1.82, 2.24) is 9.88 Å². The number of anilines is 1. The van der Waals surface area contributed by atoms with E-state index in [1.165, 1.54) is 6.07 Å². The molecule has 24 heavy (non-hydrogen) atoms. The average molecular weight is 343 g/mol. The van der Waals surface area contributed by atoms with Crippen LogP contribution in [0.25, 0.3) is 10.2 Å². The summed E-state index contributed by atoms with van der Waals surface area (Å²) in [4.78, 5) is 20.3. The van der Waals surface area contributed by atoms with Gasteiger partial charge < -0.3 is 9.80 Å². The summed E-state index contributed by atoms with van der Waals surface area (Å²) in [6.07, 6.45) is 0. The monoisotopic (exact) mass is 343 g/mol. The number of hydrogen-bond acceptors (Lipinski definition) is 4. The van der Waals surface area contributed by atoms with Crippen LogP contribution in [0.2, 0.25) is 0 Å². The number of hydrogen-bond donors (Lipinski definition) is 0. The first-order chi connectivity index (χ1) is 11.5. The molecule has 1 aromatic heterocycles. The quantitative estimate of drug-likeness (QED) is 0.723. The molecular weight excluding hydrogens is 325 g/mol. The predicted octanol–water partition coefficient (Wildman–Crippen LogP) is 3.77. The van der Waals surface area contributed by atoms with Crippen LogP contribution in [0.15, 0.2) is 42.5 Å². The fourth-order valence-electron chi connectivity index (χ4n) is 2.49. The lowest BCUT2D eigenvalue weighted by Crippen LogP contribution is -2.26. The highest BCUT2D eigenvalue weighted by Crippen LogP contribution is 2.23. The van der Waals surface area contributed by atoms with Gasteiger partial charge in [-0.25, -0.2) is 9.37 Å². The molecule has 0 spiro atoms. The van der Waals surface area contributed by atoms with Crippen molar-refractivity contribution in [3.05, 3.63) is 58.9 Å². The Bertz CT molecular complexity index is 858. The lowest BCUT2D eigenvalue weighted by Gasteiger charge is -2.18. The van der Waals surface area contributed by atoms with Crippen molar-refractivity contribution in [2.75, 3.05) is 26.0 Å². The largest absolute Gasteiger partial charge is 0.375 e. The summed E-state index contributed by atoms with van der Waals surface area (Å²) < 4.78 is 15.2. The Kier molecular flexibility index (Phi) is 4.49. The van der Waals surface area contributed by atoms with Crippen LogP contribution in [0, 0.1) is 5.82 Å². The molecule has 1 heterocycles. The number of aromatic nitrogens is 1. The van der Waals surface area contributed by atoms with E-state index in [4.69, 9.17) is 0 Å². The van der Waals surface area contributed by atoms with Gasteiger partial charge in [0.05, 0.1) is 22.4 Å². The third-order valence-electron chi connectivity index (χ3n) is 3.73. The van der Waals surface area contributed by atoms with Gasteiger partial charge in [-0.15, -0.1) is 11.3 Å². The van der Waals surface area contributed by atoms with Crippen LogP contribution in [-0.2, 0) is 6.54 Å². The molecule has 0 N–H and O–H groups in total. The molecule has 0 bridgehead atoms. The minimum atomic E-state index is -0.403. The maximum atomic E-state index is 14.1. The Labute approximate surface area is 144 Å². The van der Waals surface area contributed by atoms with Crippen LogP contribution < -0.4 is 4.90 Å². The SMILES string of the molecule is CN(Cc1nc2ccccc2s1)C(=O)c1ccc(N(C)C)c(F)c1. The summed E-state index contributed by atoms with van der Waals surface area (Å²) in [6.45, 7) is 0.398. The number of nitrogens with zero attached hydrogens (tertiary/aromatic N) is 3. The predicted molar refractivity (Wildman–Crippen MR) is 96.1 cm³/mol. The fourth-order valence-corrected chi connectivity index (χ4v) is 3.51. The van der Waals surface area contributed by atoms with Gasteiger partial charge in [0.1, 0.15) is 10.8 Å². The number of carbonyl (C=O) groups is 1. The van der Waals surface area contributed by atoms with Gasteiger partial charge in [-0.2, -0.15) is 0 Å². The summed E-state index contributed by atoms with van der Waals surface area (Å²) in [5, 5.41) is 0.859. The van der Waals surface area contributed by atoms with Gasteiger partial charge in [-0.1, -0.05) is 12.1 Å². The minimum Gasteiger partial charge on any atom is -0.375 e. The zero-order chi connectivity index (χ0) is 17.3. The number of amides is 1. The van der Waals surface area contributed by atoms with Crippen molar-refractivity contribution >= 4 is 33.1 Å². The molecule has 0 atom stereocenters. The second-order valence-corrected chi connectivity index (χ2v) is 6.91. The van der Waals surface area contributed by atoms with Crippen LogP contribution in [-0.4, -0.2) is 36.9 Å². The highest BCUT2D eigenvalue weighted by atomic mass is 32.1. The molecule has 0 aliphatic carbocycles. The van der Waals surface area contributed by atoms with E-state index in [9.17, 15) is 9.18 Å². The van der Waals surface area contributed by atoms with Crippen molar-refractivity contribution in [2.45, 2.75) is 6.54 Å². The number of halogens is 1. The van der Waals surface area contributed by atoms with Crippen LogP contribution in [0.3, 0.4) is 0 Å². The number of para-hydroxylation sites is 1. The molecule has 3 rings (SSSR count). The minimum absolute atomic E-state index is 0.224. The Balaban J connectivity index is 1.78. The van der Waals surface area contributed by atoms with E-state index in [2.05, 4.69) is 4.98 Å². The molecule has 3 aromatic rings. The lowest BCUT2D eigenvalue weighted by atomic mass is 10.1. The highest BCUT2D eigenvalue weighted by molar-refractivity contribution is 7.18. The van der Waals surface area contributed by atoms with Gasteiger partial charge >= 0.3 is 0 Å². The summed E-state index contributed by atoms with van der Waals surface area (Å²) in [5.74, 6) is -0.627. The van der Waals surface area contributed by atoms with Crippen LogP contribution in [0.5, 0.6) is 0 Å². The normalized spacial score (nSPS) is 10.8. The molecule has 0 radical (unpaired) electrons. The van der Waals surface area contributed by atoms with Gasteiger partial charge in [0.15, 0.2) is 0 Å². The van der Waals surface area contributed by atoms with Gasteiger partial charge in [0, 0.05) is 26.7 Å². The first-order valence-electron chi connectivity index (χ1n) is 7.52. The number of thiazole rings is 1. The Morgan fingerprint density at radius 1 is 1.17 bits per heavy atom. The second-order valence-electron chi connectivity index (χ2n) is 5.80. The van der Waals surface area contributed by atoms with E-state index in [1.807, 2.05) is 24.3 Å².